The number of rotatable bonds is 5. The number of hydrogen-bond acceptors (Lipinski definition) is 3. The van der Waals surface area contributed by atoms with Gasteiger partial charge in [0.2, 0.25) is 0 Å². The lowest BCUT2D eigenvalue weighted by Crippen LogP contribution is -1.89. The van der Waals surface area contributed by atoms with Crippen molar-refractivity contribution in [2.75, 3.05) is 0 Å². The summed E-state index contributed by atoms with van der Waals surface area (Å²) in [6.45, 7) is 2.13. The Hall–Kier alpha value is -1.26. The number of nitrogens with zero attached hydrogens (tertiary/aromatic N) is 1. The zero-order valence-corrected chi connectivity index (χ0v) is 13.0. The van der Waals surface area contributed by atoms with E-state index >= 15 is 0 Å². The maximum Gasteiger partial charge on any atom is 0.195 e. The number of ketones is 1. The van der Waals surface area contributed by atoms with Crippen LogP contribution in [-0.4, -0.2) is 10.8 Å². The van der Waals surface area contributed by atoms with Crippen molar-refractivity contribution in [3.05, 3.63) is 56.5 Å². The topological polar surface area (TPSA) is 30.0 Å². The molecule has 0 N–H and O–H groups in total. The molecular formula is C15H14BrNOS. The van der Waals surface area contributed by atoms with E-state index < -0.39 is 0 Å². The fraction of sp³-hybridized carbons (Fsp3) is 0.200. The number of hydrogen-bond donors (Lipinski definition) is 0. The Morgan fingerprint density at radius 1 is 1.47 bits per heavy atom. The van der Waals surface area contributed by atoms with Gasteiger partial charge in [-0.3, -0.25) is 9.78 Å². The van der Waals surface area contributed by atoms with E-state index in [-0.39, 0.29) is 5.78 Å². The van der Waals surface area contributed by atoms with Crippen LogP contribution in [0.5, 0.6) is 0 Å². The second-order valence-corrected chi connectivity index (χ2v) is 6.08. The predicted octanol–water partition coefficient (Wildman–Crippen LogP) is 4.75. The number of aryl methyl sites for hydroxylation is 1. The molecule has 98 valence electrons. The van der Waals surface area contributed by atoms with Crippen molar-refractivity contribution in [2.45, 2.75) is 19.8 Å². The quantitative estimate of drug-likeness (QED) is 0.582. The van der Waals surface area contributed by atoms with Gasteiger partial charge in [-0.1, -0.05) is 19.4 Å². The van der Waals surface area contributed by atoms with E-state index in [1.54, 1.807) is 29.7 Å². The second-order valence-electron chi connectivity index (χ2n) is 4.08. The Morgan fingerprint density at radius 2 is 2.32 bits per heavy atom. The van der Waals surface area contributed by atoms with Crippen LogP contribution in [0.1, 0.15) is 33.6 Å². The van der Waals surface area contributed by atoms with E-state index in [0.29, 0.717) is 0 Å². The molecule has 0 spiro atoms. The van der Waals surface area contributed by atoms with Crippen LogP contribution in [0.3, 0.4) is 0 Å². The Kier molecular flexibility index (Phi) is 5.05. The fourth-order valence-electron chi connectivity index (χ4n) is 1.64. The number of carbonyl (C=O) groups is 1. The van der Waals surface area contributed by atoms with Crippen molar-refractivity contribution in [1.29, 1.82) is 0 Å². The number of aromatic nitrogens is 1. The lowest BCUT2D eigenvalue weighted by atomic mass is 10.2. The summed E-state index contributed by atoms with van der Waals surface area (Å²) in [5.74, 6) is 0.0266. The Morgan fingerprint density at radius 3 is 3.00 bits per heavy atom. The van der Waals surface area contributed by atoms with Gasteiger partial charge in [-0.25, -0.2) is 0 Å². The minimum Gasteiger partial charge on any atom is -0.288 e. The highest BCUT2D eigenvalue weighted by Crippen LogP contribution is 2.29. The van der Waals surface area contributed by atoms with Crippen molar-refractivity contribution in [1.82, 2.24) is 4.98 Å². The Balaban J connectivity index is 2.12. The van der Waals surface area contributed by atoms with Crippen LogP contribution in [0.15, 0.2) is 41.0 Å². The van der Waals surface area contributed by atoms with Gasteiger partial charge in [-0.15, -0.1) is 11.3 Å². The zero-order valence-electron chi connectivity index (χ0n) is 10.6. The highest BCUT2D eigenvalue weighted by atomic mass is 79.9. The van der Waals surface area contributed by atoms with Gasteiger partial charge in [0.25, 0.3) is 0 Å². The molecule has 2 rings (SSSR count). The molecule has 2 nitrogen and oxygen atoms in total. The van der Waals surface area contributed by atoms with Crippen molar-refractivity contribution in [2.24, 2.45) is 0 Å². The van der Waals surface area contributed by atoms with Gasteiger partial charge in [0.15, 0.2) is 5.78 Å². The molecule has 0 fully saturated rings. The highest BCUT2D eigenvalue weighted by Gasteiger charge is 2.10. The molecule has 0 aliphatic rings. The summed E-state index contributed by atoms with van der Waals surface area (Å²) in [6, 6.07) is 7.53. The average Bonchev–Trinajstić information content (AvgIpc) is 2.79. The van der Waals surface area contributed by atoms with E-state index in [0.717, 1.165) is 27.9 Å². The highest BCUT2D eigenvalue weighted by molar-refractivity contribution is 9.10. The number of halogens is 1. The molecular weight excluding hydrogens is 322 g/mol. The fourth-order valence-corrected chi connectivity index (χ4v) is 3.54. The molecule has 2 aromatic heterocycles. The Bertz CT molecular complexity index is 589. The first-order valence-corrected chi connectivity index (χ1v) is 7.73. The molecule has 4 heteroatoms. The summed E-state index contributed by atoms with van der Waals surface area (Å²) in [5, 5.41) is 0. The van der Waals surface area contributed by atoms with Gasteiger partial charge in [-0.2, -0.15) is 0 Å². The third kappa shape index (κ3) is 3.85. The molecule has 2 aromatic rings. The number of thiophene rings is 1. The lowest BCUT2D eigenvalue weighted by molar-refractivity contribution is 0.105. The summed E-state index contributed by atoms with van der Waals surface area (Å²) >= 11 is 5.06. The maximum atomic E-state index is 12.1. The van der Waals surface area contributed by atoms with Crippen molar-refractivity contribution < 1.29 is 4.79 Å². The third-order valence-electron chi connectivity index (χ3n) is 2.57. The molecule has 0 radical (unpaired) electrons. The number of pyridine rings is 1. The largest absolute Gasteiger partial charge is 0.288 e. The van der Waals surface area contributed by atoms with E-state index in [2.05, 4.69) is 27.8 Å². The lowest BCUT2D eigenvalue weighted by Gasteiger charge is -1.92. The predicted molar refractivity (Wildman–Crippen MR) is 83.6 cm³/mol. The standard InChI is InChI=1S/C15H14BrNOS/c1-2-5-14-12(16)10-15(19-14)13(18)8-7-11-6-3-4-9-17-11/h3-4,6-10H,2,5H2,1H3/b8-7+. The first-order chi connectivity index (χ1) is 9.20. The van der Waals surface area contributed by atoms with E-state index in [1.807, 2.05) is 24.3 Å². The zero-order chi connectivity index (χ0) is 13.7. The molecule has 0 bridgehead atoms. The van der Waals surface area contributed by atoms with E-state index in [9.17, 15) is 4.79 Å². The van der Waals surface area contributed by atoms with Gasteiger partial charge in [0.1, 0.15) is 0 Å². The number of carbonyl (C=O) groups excluding carboxylic acids is 1. The maximum absolute atomic E-state index is 12.1. The van der Waals surface area contributed by atoms with Gasteiger partial charge in [-0.05, 0) is 52.7 Å². The summed E-state index contributed by atoms with van der Waals surface area (Å²) in [6.07, 6.45) is 7.12. The molecule has 0 aliphatic heterocycles. The van der Waals surface area contributed by atoms with Crippen LogP contribution in [0.4, 0.5) is 0 Å². The minimum absolute atomic E-state index is 0.0266. The van der Waals surface area contributed by atoms with Gasteiger partial charge >= 0.3 is 0 Å². The molecule has 0 aromatic carbocycles. The van der Waals surface area contributed by atoms with Crippen molar-refractivity contribution in [3.8, 4) is 0 Å². The van der Waals surface area contributed by atoms with Crippen LogP contribution in [0, 0.1) is 0 Å². The molecule has 19 heavy (non-hydrogen) atoms. The normalized spacial score (nSPS) is 11.1. The molecule has 0 amide bonds. The smallest absolute Gasteiger partial charge is 0.195 e. The van der Waals surface area contributed by atoms with Crippen molar-refractivity contribution >= 4 is 39.1 Å². The van der Waals surface area contributed by atoms with Crippen LogP contribution in [0.2, 0.25) is 0 Å². The molecule has 0 atom stereocenters. The molecule has 2 heterocycles. The van der Waals surface area contributed by atoms with Crippen LogP contribution in [-0.2, 0) is 6.42 Å². The van der Waals surface area contributed by atoms with Gasteiger partial charge in [0, 0.05) is 15.5 Å². The molecule has 0 unspecified atom stereocenters. The number of allylic oxidation sites excluding steroid dienone is 1. The first kappa shape index (κ1) is 14.2. The first-order valence-electron chi connectivity index (χ1n) is 6.12. The molecule has 0 saturated heterocycles. The van der Waals surface area contributed by atoms with Gasteiger partial charge < -0.3 is 0 Å². The summed E-state index contributed by atoms with van der Waals surface area (Å²) in [7, 11) is 0. The molecule has 0 saturated carbocycles. The summed E-state index contributed by atoms with van der Waals surface area (Å²) in [5.41, 5.74) is 0.792. The Labute approximate surface area is 125 Å². The van der Waals surface area contributed by atoms with Crippen LogP contribution in [0.25, 0.3) is 6.08 Å². The van der Waals surface area contributed by atoms with E-state index in [1.165, 1.54) is 4.88 Å². The van der Waals surface area contributed by atoms with E-state index in [4.69, 9.17) is 0 Å². The average molecular weight is 336 g/mol. The molecule has 0 aliphatic carbocycles. The summed E-state index contributed by atoms with van der Waals surface area (Å²) < 4.78 is 1.04. The van der Waals surface area contributed by atoms with Crippen LogP contribution >= 0.6 is 27.3 Å². The SMILES string of the molecule is CCCc1sc(C(=O)/C=C/c2ccccn2)cc1Br. The van der Waals surface area contributed by atoms with Gasteiger partial charge in [0.05, 0.1) is 10.6 Å². The monoisotopic (exact) mass is 335 g/mol. The summed E-state index contributed by atoms with van der Waals surface area (Å²) in [4.78, 5) is 18.2. The second kappa shape index (κ2) is 6.78. The minimum atomic E-state index is 0.0266. The third-order valence-corrected chi connectivity index (χ3v) is 4.75. The van der Waals surface area contributed by atoms with Crippen LogP contribution < -0.4 is 0 Å². The van der Waals surface area contributed by atoms with Crippen molar-refractivity contribution in [3.63, 3.8) is 0 Å².